The Morgan fingerprint density at radius 3 is 3.00 bits per heavy atom. The van der Waals surface area contributed by atoms with Gasteiger partial charge in [0.2, 0.25) is 5.65 Å². The van der Waals surface area contributed by atoms with Crippen LogP contribution >= 0.6 is 0 Å². The Morgan fingerprint density at radius 2 is 2.07 bits per heavy atom. The van der Waals surface area contributed by atoms with E-state index in [4.69, 9.17) is 9.72 Å². The van der Waals surface area contributed by atoms with Gasteiger partial charge in [-0.05, 0) is 23.8 Å². The van der Waals surface area contributed by atoms with E-state index in [1.54, 1.807) is 30.4 Å². The maximum absolute atomic E-state index is 5.09. The first kappa shape index (κ1) is 17.4. The number of methoxy groups -OCH3 is 1. The number of hydrogen-bond donors (Lipinski definition) is 0. The van der Waals surface area contributed by atoms with Crippen LogP contribution in [0, 0.1) is 0 Å². The normalized spacial score (nSPS) is 11.5. The monoisotopic (exact) mass is 386 g/mol. The summed E-state index contributed by atoms with van der Waals surface area (Å²) < 4.78 is 8.68. The van der Waals surface area contributed by atoms with Gasteiger partial charge in [0.25, 0.3) is 0 Å². The summed E-state index contributed by atoms with van der Waals surface area (Å²) in [6, 6.07) is 10.1. The van der Waals surface area contributed by atoms with Gasteiger partial charge in [-0.2, -0.15) is 5.10 Å². The van der Waals surface area contributed by atoms with Gasteiger partial charge >= 0.3 is 0 Å². The molecule has 0 aliphatic carbocycles. The molecule has 0 aliphatic rings. The minimum atomic E-state index is 0.517. The van der Waals surface area contributed by atoms with Crippen LogP contribution in [0.25, 0.3) is 33.5 Å². The lowest BCUT2D eigenvalue weighted by Crippen LogP contribution is -2.04. The van der Waals surface area contributed by atoms with E-state index in [9.17, 15) is 0 Å². The third-order valence-electron chi connectivity index (χ3n) is 4.68. The van der Waals surface area contributed by atoms with Crippen LogP contribution in [0.1, 0.15) is 5.56 Å². The molecule has 0 bridgehead atoms. The van der Waals surface area contributed by atoms with Crippen molar-refractivity contribution >= 4 is 22.2 Å². The summed E-state index contributed by atoms with van der Waals surface area (Å²) >= 11 is 0. The molecule has 9 nitrogen and oxygen atoms in total. The summed E-state index contributed by atoms with van der Waals surface area (Å²) in [5.41, 5.74) is 4.83. The first-order chi connectivity index (χ1) is 14.3. The van der Waals surface area contributed by atoms with Gasteiger partial charge in [-0.25, -0.2) is 14.6 Å². The molecule has 0 saturated heterocycles. The van der Waals surface area contributed by atoms with Crippen LogP contribution in [-0.4, -0.2) is 53.4 Å². The number of aromatic nitrogens is 8. The fourth-order valence-corrected chi connectivity index (χ4v) is 3.20. The first-order valence-electron chi connectivity index (χ1n) is 9.22. The van der Waals surface area contributed by atoms with E-state index < -0.39 is 0 Å². The summed E-state index contributed by atoms with van der Waals surface area (Å²) in [6.07, 6.45) is 7.19. The fourth-order valence-electron chi connectivity index (χ4n) is 3.20. The highest BCUT2D eigenvalue weighted by Gasteiger charge is 2.12. The summed E-state index contributed by atoms with van der Waals surface area (Å²) in [5.74, 6) is 0. The van der Waals surface area contributed by atoms with Crippen molar-refractivity contribution in [2.24, 2.45) is 0 Å². The molecule has 9 heteroatoms. The third kappa shape index (κ3) is 3.43. The minimum absolute atomic E-state index is 0.517. The van der Waals surface area contributed by atoms with E-state index in [-0.39, 0.29) is 0 Å². The van der Waals surface area contributed by atoms with Crippen molar-refractivity contribution < 1.29 is 4.74 Å². The second kappa shape index (κ2) is 7.36. The molecule has 0 aliphatic heterocycles. The van der Waals surface area contributed by atoms with E-state index >= 15 is 0 Å². The molecule has 0 N–H and O–H groups in total. The minimum Gasteiger partial charge on any atom is -0.383 e. The summed E-state index contributed by atoms with van der Waals surface area (Å²) in [5, 5.41) is 13.8. The molecule has 4 aromatic heterocycles. The van der Waals surface area contributed by atoms with Crippen LogP contribution in [0.15, 0.2) is 55.1 Å². The number of pyridine rings is 1. The fraction of sp³-hybridized carbons (Fsp3) is 0.200. The van der Waals surface area contributed by atoms with Crippen molar-refractivity contribution in [3.63, 3.8) is 0 Å². The van der Waals surface area contributed by atoms with E-state index in [1.165, 1.54) is 0 Å². The second-order valence-corrected chi connectivity index (χ2v) is 6.66. The molecule has 0 atom stereocenters. The molecular formula is C20H18N8O. The molecule has 144 valence electrons. The van der Waals surface area contributed by atoms with Crippen LogP contribution in [0.3, 0.4) is 0 Å². The molecule has 29 heavy (non-hydrogen) atoms. The predicted octanol–water partition coefficient (Wildman–Crippen LogP) is 2.33. The van der Waals surface area contributed by atoms with Crippen molar-refractivity contribution in [1.29, 1.82) is 0 Å². The van der Waals surface area contributed by atoms with Crippen LogP contribution in [-0.2, 0) is 17.8 Å². The molecule has 5 rings (SSSR count). The van der Waals surface area contributed by atoms with Crippen LogP contribution in [0.2, 0.25) is 0 Å². The van der Waals surface area contributed by atoms with Crippen LogP contribution in [0.5, 0.6) is 0 Å². The standard InChI is InChI=1S/C20H18N8O/c1-29-8-7-27-13-16(10-23-27)18-11-22-19-20(24-18)28(26-25-19)12-14-4-5-17-15(9-14)3-2-6-21-17/h2-6,9-11,13H,7-8,12H2,1H3. The topological polar surface area (TPSA) is 96.4 Å². The second-order valence-electron chi connectivity index (χ2n) is 6.66. The van der Waals surface area contributed by atoms with Crippen molar-refractivity contribution in [1.82, 2.24) is 39.7 Å². The van der Waals surface area contributed by atoms with Gasteiger partial charge in [-0.3, -0.25) is 9.67 Å². The predicted molar refractivity (Wildman–Crippen MR) is 107 cm³/mol. The van der Waals surface area contributed by atoms with E-state index in [0.29, 0.717) is 31.0 Å². The zero-order chi connectivity index (χ0) is 19.6. The Balaban J connectivity index is 1.46. The Bertz CT molecular complexity index is 1290. The number of ether oxygens (including phenoxy) is 1. The molecule has 4 heterocycles. The Kier molecular flexibility index (Phi) is 4.41. The quantitative estimate of drug-likeness (QED) is 0.442. The van der Waals surface area contributed by atoms with Gasteiger partial charge in [0.1, 0.15) is 0 Å². The number of benzene rings is 1. The lowest BCUT2D eigenvalue weighted by atomic mass is 10.1. The van der Waals surface area contributed by atoms with Gasteiger partial charge in [-0.1, -0.05) is 17.3 Å². The molecule has 0 amide bonds. The Morgan fingerprint density at radius 1 is 1.10 bits per heavy atom. The molecular weight excluding hydrogens is 368 g/mol. The molecule has 0 spiro atoms. The molecule has 1 aromatic carbocycles. The zero-order valence-electron chi connectivity index (χ0n) is 15.8. The number of nitrogens with zero attached hydrogens (tertiary/aromatic N) is 8. The number of rotatable bonds is 6. The molecule has 0 saturated carbocycles. The van der Waals surface area contributed by atoms with Gasteiger partial charge in [0.15, 0.2) is 5.65 Å². The van der Waals surface area contributed by atoms with E-state index in [0.717, 1.165) is 27.7 Å². The maximum atomic E-state index is 5.09. The zero-order valence-corrected chi connectivity index (χ0v) is 15.8. The smallest absolute Gasteiger partial charge is 0.221 e. The lowest BCUT2D eigenvalue weighted by molar-refractivity contribution is 0.183. The lowest BCUT2D eigenvalue weighted by Gasteiger charge is -2.04. The SMILES string of the molecule is COCCn1cc(-c2cnc3nnn(Cc4ccc5ncccc5c4)c3n2)cn1. The average molecular weight is 386 g/mol. The number of hydrogen-bond acceptors (Lipinski definition) is 7. The van der Waals surface area contributed by atoms with Gasteiger partial charge in [0, 0.05) is 30.5 Å². The van der Waals surface area contributed by atoms with Crippen molar-refractivity contribution in [3.8, 4) is 11.3 Å². The average Bonchev–Trinajstić information content (AvgIpc) is 3.39. The van der Waals surface area contributed by atoms with Gasteiger partial charge < -0.3 is 4.74 Å². The largest absolute Gasteiger partial charge is 0.383 e. The third-order valence-corrected chi connectivity index (χ3v) is 4.68. The molecule has 0 radical (unpaired) electrons. The highest BCUT2D eigenvalue weighted by atomic mass is 16.5. The van der Waals surface area contributed by atoms with Crippen molar-refractivity contribution in [3.05, 3.63) is 60.7 Å². The number of fused-ring (bicyclic) bond motifs is 2. The van der Waals surface area contributed by atoms with Crippen molar-refractivity contribution in [2.45, 2.75) is 13.1 Å². The molecule has 0 fully saturated rings. The Labute approximate surface area is 166 Å². The van der Waals surface area contributed by atoms with Gasteiger partial charge in [-0.15, -0.1) is 5.10 Å². The van der Waals surface area contributed by atoms with Crippen LogP contribution < -0.4 is 0 Å². The summed E-state index contributed by atoms with van der Waals surface area (Å²) in [7, 11) is 1.67. The van der Waals surface area contributed by atoms with Gasteiger partial charge in [0.05, 0.1) is 43.3 Å². The highest BCUT2D eigenvalue weighted by Crippen LogP contribution is 2.19. The Hall–Kier alpha value is -3.72. The van der Waals surface area contributed by atoms with E-state index in [2.05, 4.69) is 31.4 Å². The molecule has 0 unspecified atom stereocenters. The van der Waals surface area contributed by atoms with E-state index in [1.807, 2.05) is 35.1 Å². The maximum Gasteiger partial charge on any atom is 0.221 e. The summed E-state index contributed by atoms with van der Waals surface area (Å²) in [6.45, 7) is 1.83. The highest BCUT2D eigenvalue weighted by molar-refractivity contribution is 5.79. The van der Waals surface area contributed by atoms with Crippen molar-refractivity contribution in [2.75, 3.05) is 13.7 Å². The molecule has 5 aromatic rings. The summed E-state index contributed by atoms with van der Waals surface area (Å²) in [4.78, 5) is 13.5. The van der Waals surface area contributed by atoms with Crippen LogP contribution in [0.4, 0.5) is 0 Å². The first-order valence-corrected chi connectivity index (χ1v) is 9.22.